The first-order valence-corrected chi connectivity index (χ1v) is 9.61. The Morgan fingerprint density at radius 3 is 2.62 bits per heavy atom. The second-order valence-corrected chi connectivity index (χ2v) is 7.04. The van der Waals surface area contributed by atoms with Gasteiger partial charge in [-0.1, -0.05) is 35.0 Å². The Morgan fingerprint density at radius 2 is 1.93 bits per heavy atom. The fraction of sp³-hybridized carbons (Fsp3) is 0.238. The summed E-state index contributed by atoms with van der Waals surface area (Å²) in [6.45, 7) is 6.36. The van der Waals surface area contributed by atoms with E-state index >= 15 is 0 Å². The van der Waals surface area contributed by atoms with Gasteiger partial charge in [-0.05, 0) is 49.7 Å². The molecular weight excluding hydrogens is 390 g/mol. The number of carbonyl (C=O) groups excluding carboxylic acids is 2. The molecule has 0 saturated carbocycles. The van der Waals surface area contributed by atoms with Gasteiger partial charge in [-0.3, -0.25) is 9.59 Å². The van der Waals surface area contributed by atoms with Crippen molar-refractivity contribution in [2.45, 2.75) is 27.3 Å². The van der Waals surface area contributed by atoms with Crippen molar-refractivity contribution in [3.63, 3.8) is 0 Å². The van der Waals surface area contributed by atoms with E-state index in [4.69, 9.17) is 11.6 Å². The monoisotopic (exact) mass is 411 g/mol. The van der Waals surface area contributed by atoms with Crippen LogP contribution in [0, 0.1) is 6.92 Å². The molecule has 0 aliphatic rings. The second-order valence-electron chi connectivity index (χ2n) is 6.60. The van der Waals surface area contributed by atoms with Gasteiger partial charge in [0.15, 0.2) is 5.69 Å². The molecule has 0 unspecified atom stereocenters. The number of nitrogens with zero attached hydrogens (tertiary/aromatic N) is 4. The number of aromatic nitrogens is 3. The molecule has 0 spiro atoms. The maximum Gasteiger partial charge on any atom is 0.278 e. The smallest absolute Gasteiger partial charge is 0.278 e. The number of amides is 2. The van der Waals surface area contributed by atoms with Crippen LogP contribution in [0.15, 0.2) is 48.5 Å². The molecule has 1 N–H and O–H groups in total. The predicted molar refractivity (Wildman–Crippen MR) is 112 cm³/mol. The Balaban J connectivity index is 1.77. The lowest BCUT2D eigenvalue weighted by molar-refractivity contribution is -0.129. The van der Waals surface area contributed by atoms with Crippen LogP contribution in [0.2, 0.25) is 5.02 Å². The van der Waals surface area contributed by atoms with Crippen LogP contribution >= 0.6 is 11.6 Å². The number of hydrogen-bond acceptors (Lipinski definition) is 4. The van der Waals surface area contributed by atoms with E-state index in [-0.39, 0.29) is 17.5 Å². The summed E-state index contributed by atoms with van der Waals surface area (Å²) in [4.78, 5) is 26.1. The first kappa shape index (κ1) is 20.5. The minimum atomic E-state index is -0.355. The van der Waals surface area contributed by atoms with Gasteiger partial charge in [0, 0.05) is 30.7 Å². The molecule has 0 fully saturated rings. The van der Waals surface area contributed by atoms with E-state index < -0.39 is 0 Å². The Kier molecular flexibility index (Phi) is 6.29. The Bertz CT molecular complexity index is 1050. The highest BCUT2D eigenvalue weighted by atomic mass is 35.5. The van der Waals surface area contributed by atoms with E-state index in [1.54, 1.807) is 41.6 Å². The summed E-state index contributed by atoms with van der Waals surface area (Å²) in [6, 6.07) is 14.6. The molecule has 1 aromatic heterocycles. The first-order valence-electron chi connectivity index (χ1n) is 9.23. The van der Waals surface area contributed by atoms with Crippen LogP contribution in [-0.4, -0.2) is 38.3 Å². The van der Waals surface area contributed by atoms with Gasteiger partial charge in [-0.15, -0.1) is 5.10 Å². The van der Waals surface area contributed by atoms with E-state index in [1.807, 2.05) is 37.3 Å². The number of benzene rings is 2. The fourth-order valence-corrected chi connectivity index (χ4v) is 3.18. The van der Waals surface area contributed by atoms with Crippen molar-refractivity contribution in [3.8, 4) is 5.69 Å². The zero-order valence-electron chi connectivity index (χ0n) is 16.5. The average molecular weight is 412 g/mol. The first-order chi connectivity index (χ1) is 13.9. The number of anilines is 1. The molecule has 0 bridgehead atoms. The molecule has 7 nitrogen and oxygen atoms in total. The van der Waals surface area contributed by atoms with E-state index in [0.29, 0.717) is 29.5 Å². The highest BCUT2D eigenvalue weighted by molar-refractivity contribution is 6.30. The van der Waals surface area contributed by atoms with Crippen molar-refractivity contribution in [3.05, 3.63) is 70.5 Å². The molecule has 8 heteroatoms. The fourth-order valence-electron chi connectivity index (χ4n) is 3.00. The van der Waals surface area contributed by atoms with Crippen molar-refractivity contribution in [1.29, 1.82) is 0 Å². The lowest BCUT2D eigenvalue weighted by Crippen LogP contribution is -2.27. The molecule has 2 amide bonds. The number of nitrogens with one attached hydrogen (secondary N) is 1. The van der Waals surface area contributed by atoms with Crippen LogP contribution in [0.1, 0.15) is 35.6 Å². The van der Waals surface area contributed by atoms with Gasteiger partial charge < -0.3 is 10.2 Å². The number of rotatable bonds is 6. The van der Waals surface area contributed by atoms with Crippen LogP contribution in [0.5, 0.6) is 0 Å². The van der Waals surface area contributed by atoms with Gasteiger partial charge in [0.05, 0.1) is 11.4 Å². The molecule has 0 aliphatic carbocycles. The van der Waals surface area contributed by atoms with Crippen LogP contribution < -0.4 is 5.32 Å². The average Bonchev–Trinajstić information content (AvgIpc) is 3.07. The normalized spacial score (nSPS) is 10.6. The predicted octanol–water partition coefficient (Wildman–Crippen LogP) is 3.85. The van der Waals surface area contributed by atoms with Gasteiger partial charge in [0.2, 0.25) is 5.91 Å². The maximum atomic E-state index is 12.7. The van der Waals surface area contributed by atoms with Crippen molar-refractivity contribution in [1.82, 2.24) is 19.9 Å². The molecule has 0 saturated heterocycles. The highest BCUT2D eigenvalue weighted by Gasteiger charge is 2.18. The van der Waals surface area contributed by atoms with E-state index in [0.717, 1.165) is 11.3 Å². The summed E-state index contributed by atoms with van der Waals surface area (Å²) in [7, 11) is 0. The lowest BCUT2D eigenvalue weighted by atomic mass is 10.1. The van der Waals surface area contributed by atoms with Gasteiger partial charge >= 0.3 is 0 Å². The third-order valence-corrected chi connectivity index (χ3v) is 4.78. The quantitative estimate of drug-likeness (QED) is 0.668. The minimum absolute atomic E-state index is 0.00944. The molecule has 3 rings (SSSR count). The van der Waals surface area contributed by atoms with E-state index in [9.17, 15) is 9.59 Å². The number of hydrogen-bond donors (Lipinski definition) is 1. The second kappa shape index (κ2) is 8.87. The molecule has 150 valence electrons. The Labute approximate surface area is 174 Å². The van der Waals surface area contributed by atoms with Crippen LogP contribution in [-0.2, 0) is 11.3 Å². The Morgan fingerprint density at radius 1 is 1.17 bits per heavy atom. The summed E-state index contributed by atoms with van der Waals surface area (Å²) in [5.74, 6) is -0.345. The summed E-state index contributed by atoms with van der Waals surface area (Å²) in [5.41, 5.74) is 3.12. The van der Waals surface area contributed by atoms with Gasteiger partial charge in [0.25, 0.3) is 5.91 Å². The van der Waals surface area contributed by atoms with Crippen molar-refractivity contribution >= 4 is 29.1 Å². The molecule has 2 aromatic carbocycles. The van der Waals surface area contributed by atoms with Crippen molar-refractivity contribution < 1.29 is 9.59 Å². The van der Waals surface area contributed by atoms with Gasteiger partial charge in [-0.25, -0.2) is 4.68 Å². The van der Waals surface area contributed by atoms with E-state index in [2.05, 4.69) is 15.6 Å². The Hall–Kier alpha value is -3.19. The summed E-state index contributed by atoms with van der Waals surface area (Å²) in [5, 5.41) is 11.5. The third-order valence-electron chi connectivity index (χ3n) is 4.55. The molecular formula is C21H22ClN5O2. The van der Waals surface area contributed by atoms with Gasteiger partial charge in [0.1, 0.15) is 0 Å². The molecule has 0 radical (unpaired) electrons. The zero-order chi connectivity index (χ0) is 21.0. The lowest BCUT2D eigenvalue weighted by Gasteiger charge is -2.19. The number of carbonyl (C=O) groups is 2. The SMILES string of the molecule is CCN(Cc1cccc(NC(=O)c2nnn(-c3cccc(Cl)c3)c2C)c1)C(C)=O. The third kappa shape index (κ3) is 4.81. The summed E-state index contributed by atoms with van der Waals surface area (Å²) >= 11 is 6.04. The molecule has 0 aliphatic heterocycles. The minimum Gasteiger partial charge on any atom is -0.339 e. The summed E-state index contributed by atoms with van der Waals surface area (Å²) in [6.07, 6.45) is 0. The zero-order valence-corrected chi connectivity index (χ0v) is 17.3. The largest absolute Gasteiger partial charge is 0.339 e. The van der Waals surface area contributed by atoms with E-state index in [1.165, 1.54) is 0 Å². The van der Waals surface area contributed by atoms with Crippen LogP contribution in [0.3, 0.4) is 0 Å². The van der Waals surface area contributed by atoms with Crippen molar-refractivity contribution in [2.24, 2.45) is 0 Å². The molecule has 3 aromatic rings. The van der Waals surface area contributed by atoms with Crippen LogP contribution in [0.25, 0.3) is 5.69 Å². The maximum absolute atomic E-state index is 12.7. The summed E-state index contributed by atoms with van der Waals surface area (Å²) < 4.78 is 1.57. The van der Waals surface area contributed by atoms with Crippen LogP contribution in [0.4, 0.5) is 5.69 Å². The topological polar surface area (TPSA) is 80.1 Å². The van der Waals surface area contributed by atoms with Crippen molar-refractivity contribution in [2.75, 3.05) is 11.9 Å². The molecule has 1 heterocycles. The number of halogens is 1. The molecule has 0 atom stereocenters. The molecule has 29 heavy (non-hydrogen) atoms. The highest BCUT2D eigenvalue weighted by Crippen LogP contribution is 2.18. The van der Waals surface area contributed by atoms with Gasteiger partial charge in [-0.2, -0.15) is 0 Å². The standard InChI is InChI=1S/C21H22ClN5O2/c1-4-26(15(3)28)13-16-7-5-9-18(11-16)23-21(29)20-14(2)27(25-24-20)19-10-6-8-17(22)12-19/h5-12H,4,13H2,1-3H3,(H,23,29).